The minimum atomic E-state index is -0.538. The summed E-state index contributed by atoms with van der Waals surface area (Å²) < 4.78 is 27.8. The Kier molecular flexibility index (Phi) is 17.1. The van der Waals surface area contributed by atoms with Crippen molar-refractivity contribution >= 4 is 49.0 Å². The Balaban J connectivity index is 0.000000235. The molecule has 0 bridgehead atoms. The van der Waals surface area contributed by atoms with E-state index < -0.39 is 10.8 Å². The Hall–Kier alpha value is -4.55. The van der Waals surface area contributed by atoms with Crippen LogP contribution in [0.15, 0.2) is 152 Å². The van der Waals surface area contributed by atoms with Crippen LogP contribution < -0.4 is 18.9 Å². The molecule has 0 aromatic heterocycles. The number of hydrogen-bond donors (Lipinski definition) is 0. The minimum Gasteiger partial charge on any atom is -0.497 e. The van der Waals surface area contributed by atoms with Gasteiger partial charge in [0, 0.05) is 67.1 Å². The molecule has 0 saturated heterocycles. The molecule has 332 valence electrons. The molecule has 2 radical (unpaired) electrons. The topological polar surface area (TPSA) is 71.1 Å². The zero-order valence-corrected chi connectivity index (χ0v) is 44.8. The number of alkyl halides is 1. The first-order valence-corrected chi connectivity index (χ1v) is 22.8. The van der Waals surface area contributed by atoms with Crippen molar-refractivity contribution in [1.29, 1.82) is 1.34 Å². The van der Waals surface area contributed by atoms with Crippen LogP contribution in [0.5, 0.6) is 23.0 Å². The number of rotatable bonds is 8. The monoisotopic (exact) mass is 1200 g/mol. The third-order valence-corrected chi connectivity index (χ3v) is 13.0. The van der Waals surface area contributed by atoms with Crippen molar-refractivity contribution in [2.24, 2.45) is 10.8 Å². The van der Waals surface area contributed by atoms with E-state index in [1.807, 2.05) is 77.9 Å². The maximum Gasteiger partial charge on any atom is 0.316 e. The number of carbonyl (C=O) groups is 2. The average molecular weight is 1200 g/mol. The molecule has 0 saturated carbocycles. The standard InChI is InChI=1S/C28H29IO3.C28H28O3.BH.U/c1-28(2,3)27(30)32-21-12-10-19(11-13-21)25-23-15-14-22(31-4)16-20(23)17-24(29)26(25)18-8-6-5-7-9-18;1-28(2,3)27(29)31-22-13-10-20(11-14-22)26-24(19-8-6-5-7-9-19)16-12-21-18-23(30-4)15-17-25(21)26;;/h5-16,24-26H,17H2,1-4H3;5-18,24,26H,1-4H3;1H;/i;;1D;. The summed E-state index contributed by atoms with van der Waals surface area (Å²) in [5.74, 6) is 3.37. The van der Waals surface area contributed by atoms with Gasteiger partial charge in [-0.1, -0.05) is 132 Å². The van der Waals surface area contributed by atoms with Crippen LogP contribution in [0.3, 0.4) is 0 Å². The van der Waals surface area contributed by atoms with E-state index in [2.05, 4.69) is 152 Å². The second-order valence-electron chi connectivity index (χ2n) is 18.4. The molecule has 2 aliphatic carbocycles. The number of halogens is 1. The first-order valence-electron chi connectivity index (χ1n) is 22.1. The fourth-order valence-corrected chi connectivity index (χ4v) is 9.69. The van der Waals surface area contributed by atoms with Crippen molar-refractivity contribution in [2.75, 3.05) is 14.2 Å². The molecule has 0 heterocycles. The molecule has 5 atom stereocenters. The molecule has 0 N–H and O–H groups in total. The van der Waals surface area contributed by atoms with Crippen LogP contribution in [-0.4, -0.2) is 39.8 Å². The molecule has 8 rings (SSSR count). The molecule has 5 unspecified atom stereocenters. The Bertz CT molecular complexity index is 2560. The maximum atomic E-state index is 12.3. The number of fused-ring (bicyclic) bond motifs is 2. The van der Waals surface area contributed by atoms with E-state index in [-0.39, 0.29) is 60.8 Å². The van der Waals surface area contributed by atoms with Crippen molar-refractivity contribution in [3.8, 4) is 23.0 Å². The fourth-order valence-electron chi connectivity index (χ4n) is 8.38. The second-order valence-corrected chi connectivity index (χ2v) is 20.0. The van der Waals surface area contributed by atoms with Crippen LogP contribution in [-0.2, 0) is 16.0 Å². The Morgan fingerprint density at radius 1 is 0.569 bits per heavy atom. The molecule has 0 fully saturated rings. The summed E-state index contributed by atoms with van der Waals surface area (Å²) in [6.07, 6.45) is 5.46. The predicted molar refractivity (Wildman–Crippen MR) is 269 cm³/mol. The summed E-state index contributed by atoms with van der Waals surface area (Å²) in [5, 5.41) is 0. The van der Waals surface area contributed by atoms with Crippen LogP contribution in [0.25, 0.3) is 6.08 Å². The van der Waals surface area contributed by atoms with Crippen molar-refractivity contribution < 1.29 is 59.6 Å². The van der Waals surface area contributed by atoms with E-state index >= 15 is 0 Å². The smallest absolute Gasteiger partial charge is 0.316 e. The molecular formula is C56H58BIO6U. The molecule has 6 nitrogen and oxygen atoms in total. The minimum absolute atomic E-state index is 0. The Morgan fingerprint density at radius 2 is 1.02 bits per heavy atom. The summed E-state index contributed by atoms with van der Waals surface area (Å²) in [5.41, 5.74) is 9.06. The van der Waals surface area contributed by atoms with E-state index in [4.69, 9.17) is 20.3 Å². The van der Waals surface area contributed by atoms with Gasteiger partial charge in [-0.15, -0.1) is 0 Å². The van der Waals surface area contributed by atoms with E-state index in [0.29, 0.717) is 21.3 Å². The van der Waals surface area contributed by atoms with Crippen LogP contribution in [0.1, 0.15) is 110 Å². The van der Waals surface area contributed by atoms with Gasteiger partial charge in [-0.05, 0) is 142 Å². The van der Waals surface area contributed by atoms with Crippen molar-refractivity contribution in [3.63, 3.8) is 0 Å². The molecular weight excluding hydrogens is 1140 g/mol. The van der Waals surface area contributed by atoms with Crippen LogP contribution in [0.4, 0.5) is 0 Å². The van der Waals surface area contributed by atoms with Gasteiger partial charge in [-0.25, -0.2) is 0 Å². The number of esters is 2. The largest absolute Gasteiger partial charge is 0.497 e. The maximum absolute atomic E-state index is 12.3. The molecule has 0 aliphatic heterocycles. The van der Waals surface area contributed by atoms with Gasteiger partial charge in [-0.3, -0.25) is 9.59 Å². The van der Waals surface area contributed by atoms with Crippen LogP contribution in [0, 0.1) is 41.9 Å². The third kappa shape index (κ3) is 12.3. The van der Waals surface area contributed by atoms with Gasteiger partial charge < -0.3 is 18.9 Å². The molecule has 0 amide bonds. The van der Waals surface area contributed by atoms with Gasteiger partial charge in [0.05, 0.1) is 25.0 Å². The number of methoxy groups -OCH3 is 2. The summed E-state index contributed by atoms with van der Waals surface area (Å²) in [6, 6.07) is 50.0. The van der Waals surface area contributed by atoms with Crippen molar-refractivity contribution in [2.45, 2.75) is 75.6 Å². The first kappa shape index (κ1) is 49.9. The molecule has 6 aromatic carbocycles. The van der Waals surface area contributed by atoms with Gasteiger partial charge in [0.2, 0.25) is 0 Å². The molecule has 65 heavy (non-hydrogen) atoms. The number of ether oxygens (including phenoxy) is 4. The number of hydrogen-bond acceptors (Lipinski definition) is 6. The number of benzene rings is 6. The van der Waals surface area contributed by atoms with Gasteiger partial charge in [0.15, 0.2) is 0 Å². The van der Waals surface area contributed by atoms with Gasteiger partial charge >= 0.3 is 11.9 Å². The van der Waals surface area contributed by atoms with E-state index in [0.717, 1.165) is 17.9 Å². The number of carbonyl (C=O) groups excluding carboxylic acids is 2. The SMILES string of the molecule is COc1ccc2c(c1)C=CC(c1ccccc1)C2c1ccc(OC(=O)C(C)(C)C)cc1.COc1ccc2c(c1)CC(I)C(c1ccccc1)C2c1ccc(OC(=O)C(C)(C)C)cc1.[2H][B].[U]. The zero-order chi connectivity index (χ0) is 46.9. The summed E-state index contributed by atoms with van der Waals surface area (Å²) in [7, 11) is 7.16. The summed E-state index contributed by atoms with van der Waals surface area (Å²) in [4.78, 5) is 24.5. The Morgan fingerprint density at radius 3 is 1.51 bits per heavy atom. The average Bonchev–Trinajstić information content (AvgIpc) is 3.31. The van der Waals surface area contributed by atoms with E-state index in [1.165, 1.54) is 44.5 Å². The normalized spacial score (nSPS) is 18.5. The third-order valence-electron chi connectivity index (χ3n) is 11.8. The van der Waals surface area contributed by atoms with E-state index in [1.54, 1.807) is 14.2 Å². The van der Waals surface area contributed by atoms with Crippen LogP contribution in [0.2, 0.25) is 0 Å². The molecule has 6 aromatic rings. The summed E-state index contributed by atoms with van der Waals surface area (Å²) >= 11 is 2.61. The van der Waals surface area contributed by atoms with Gasteiger partial charge in [0.1, 0.15) is 23.0 Å². The number of allylic oxidation sites excluding steroid dienone is 1. The fraction of sp³-hybridized carbons (Fsp3) is 0.286. The predicted octanol–water partition coefficient (Wildman–Crippen LogP) is 12.9. The summed E-state index contributed by atoms with van der Waals surface area (Å²) in [6.45, 7) is 11.2. The molecule has 2 aliphatic rings. The van der Waals surface area contributed by atoms with E-state index in [9.17, 15) is 9.59 Å². The molecule has 0 spiro atoms. The van der Waals surface area contributed by atoms with Gasteiger partial charge in [-0.2, -0.15) is 0 Å². The van der Waals surface area contributed by atoms with Crippen molar-refractivity contribution in [3.05, 3.63) is 196 Å². The van der Waals surface area contributed by atoms with Crippen molar-refractivity contribution in [1.82, 2.24) is 0 Å². The zero-order valence-electron chi connectivity index (χ0n) is 39.5. The van der Waals surface area contributed by atoms with Crippen LogP contribution >= 0.6 is 22.6 Å². The quantitative estimate of drug-likeness (QED) is 0.0497. The van der Waals surface area contributed by atoms with Gasteiger partial charge in [0.25, 0.3) is 0 Å². The molecule has 9 heteroatoms. The Labute approximate surface area is 426 Å². The first-order chi connectivity index (χ1) is 31.1. The second kappa shape index (κ2) is 22.3.